The summed E-state index contributed by atoms with van der Waals surface area (Å²) in [7, 11) is 0. The molecule has 2 N–H and O–H groups in total. The fraction of sp³-hybridized carbons (Fsp3) is 0.625. The molecule has 118 valence electrons. The van der Waals surface area contributed by atoms with Crippen molar-refractivity contribution >= 4 is 0 Å². The second-order valence-corrected chi connectivity index (χ2v) is 5.92. The molecule has 1 aromatic carbocycles. The fourth-order valence-electron chi connectivity index (χ4n) is 2.85. The summed E-state index contributed by atoms with van der Waals surface area (Å²) in [6.45, 7) is 5.48. The van der Waals surface area contributed by atoms with Crippen molar-refractivity contribution < 1.29 is 13.9 Å². The number of nitrogens with one attached hydrogen (secondary N) is 1. The molecule has 3 nitrogen and oxygen atoms in total. The van der Waals surface area contributed by atoms with Crippen molar-refractivity contribution in [2.24, 2.45) is 5.92 Å². The number of halogens is 2. The number of hydrogen-bond acceptors (Lipinski definition) is 3. The minimum absolute atomic E-state index is 0.115. The molecule has 2 rings (SSSR count). The van der Waals surface area contributed by atoms with E-state index in [9.17, 15) is 13.9 Å². The second-order valence-electron chi connectivity index (χ2n) is 5.92. The van der Waals surface area contributed by atoms with Crippen LogP contribution in [0.4, 0.5) is 8.78 Å². The first-order valence-corrected chi connectivity index (χ1v) is 7.60. The third kappa shape index (κ3) is 5.02. The number of likely N-dealkylation sites (tertiary alicyclic amines) is 1. The molecule has 0 unspecified atom stereocenters. The molecule has 0 saturated carbocycles. The summed E-state index contributed by atoms with van der Waals surface area (Å²) in [6, 6.07) is 3.95. The first kappa shape index (κ1) is 16.3. The topological polar surface area (TPSA) is 35.5 Å². The maximum Gasteiger partial charge on any atom is 0.130 e. The molecule has 1 aliphatic heterocycles. The molecule has 0 spiro atoms. The number of aliphatic hydroxyl groups is 1. The number of aliphatic hydroxyl groups excluding tert-OH is 1. The lowest BCUT2D eigenvalue weighted by Crippen LogP contribution is -2.40. The van der Waals surface area contributed by atoms with Gasteiger partial charge in [-0.15, -0.1) is 0 Å². The number of piperidine rings is 1. The highest BCUT2D eigenvalue weighted by molar-refractivity contribution is 5.19. The van der Waals surface area contributed by atoms with Crippen LogP contribution in [0.1, 0.15) is 25.3 Å². The highest BCUT2D eigenvalue weighted by Crippen LogP contribution is 2.17. The van der Waals surface area contributed by atoms with Gasteiger partial charge in [-0.2, -0.15) is 0 Å². The van der Waals surface area contributed by atoms with Gasteiger partial charge in [0.1, 0.15) is 11.6 Å². The van der Waals surface area contributed by atoms with Gasteiger partial charge in [0.05, 0.1) is 6.10 Å². The van der Waals surface area contributed by atoms with Crippen molar-refractivity contribution in [3.05, 3.63) is 35.4 Å². The smallest absolute Gasteiger partial charge is 0.130 e. The van der Waals surface area contributed by atoms with Crippen molar-refractivity contribution in [3.63, 3.8) is 0 Å². The molecule has 1 aliphatic rings. The molecule has 1 fully saturated rings. The van der Waals surface area contributed by atoms with E-state index >= 15 is 0 Å². The Bertz CT molecular complexity index is 426. The van der Waals surface area contributed by atoms with E-state index in [1.165, 1.54) is 18.2 Å². The molecular weight excluding hydrogens is 274 g/mol. The highest BCUT2D eigenvalue weighted by Gasteiger charge is 2.19. The highest BCUT2D eigenvalue weighted by atomic mass is 19.1. The van der Waals surface area contributed by atoms with Crippen LogP contribution in [0, 0.1) is 17.6 Å². The lowest BCUT2D eigenvalue weighted by Gasteiger charge is -2.32. The van der Waals surface area contributed by atoms with Gasteiger partial charge in [-0.1, -0.05) is 6.07 Å². The Balaban J connectivity index is 1.71. The second kappa shape index (κ2) is 7.82. The standard InChI is InChI=1S/C16H24F2N2O/c1-12(21)11-20-7-5-13(6-8-20)9-19-10-14-15(17)3-2-4-16(14)18/h2-4,12-13,19,21H,5-11H2,1H3/t12-/m1/s1. The SMILES string of the molecule is C[C@@H](O)CN1CCC(CNCc2c(F)cccc2F)CC1. The van der Waals surface area contributed by atoms with Crippen molar-refractivity contribution in [1.29, 1.82) is 0 Å². The first-order valence-electron chi connectivity index (χ1n) is 7.60. The van der Waals surface area contributed by atoms with Crippen LogP contribution in [-0.2, 0) is 6.54 Å². The van der Waals surface area contributed by atoms with E-state index < -0.39 is 11.6 Å². The van der Waals surface area contributed by atoms with Gasteiger partial charge in [-0.3, -0.25) is 0 Å². The summed E-state index contributed by atoms with van der Waals surface area (Å²) < 4.78 is 27.0. The molecule has 1 saturated heterocycles. The normalized spacial score (nSPS) is 18.9. The molecular formula is C16H24F2N2O. The molecule has 21 heavy (non-hydrogen) atoms. The van der Waals surface area contributed by atoms with Gasteiger partial charge >= 0.3 is 0 Å². The van der Waals surface area contributed by atoms with Crippen LogP contribution in [0.2, 0.25) is 0 Å². The predicted octanol–water partition coefficient (Wildman–Crippen LogP) is 2.15. The quantitative estimate of drug-likeness (QED) is 0.845. The van der Waals surface area contributed by atoms with Crippen LogP contribution in [0.3, 0.4) is 0 Å². The van der Waals surface area contributed by atoms with Crippen molar-refractivity contribution in [3.8, 4) is 0 Å². The van der Waals surface area contributed by atoms with E-state index in [2.05, 4.69) is 10.2 Å². The summed E-state index contributed by atoms with van der Waals surface area (Å²) in [5.41, 5.74) is 0.115. The third-order valence-corrected chi connectivity index (χ3v) is 4.03. The number of hydrogen-bond donors (Lipinski definition) is 2. The molecule has 1 aromatic rings. The minimum atomic E-state index is -0.491. The summed E-state index contributed by atoms with van der Waals surface area (Å²) in [5.74, 6) is -0.450. The Morgan fingerprint density at radius 1 is 1.29 bits per heavy atom. The largest absolute Gasteiger partial charge is 0.392 e. The van der Waals surface area contributed by atoms with Gasteiger partial charge in [0, 0.05) is 18.7 Å². The Hall–Kier alpha value is -1.04. The molecule has 1 atom stereocenters. The van der Waals surface area contributed by atoms with Gasteiger partial charge in [-0.25, -0.2) is 8.78 Å². The summed E-state index contributed by atoms with van der Waals surface area (Å²) in [4.78, 5) is 2.26. The molecule has 1 heterocycles. The van der Waals surface area contributed by atoms with Crippen molar-refractivity contribution in [2.75, 3.05) is 26.2 Å². The Kier molecular flexibility index (Phi) is 6.08. The summed E-state index contributed by atoms with van der Waals surface area (Å²) >= 11 is 0. The van der Waals surface area contributed by atoms with Crippen LogP contribution in [-0.4, -0.2) is 42.3 Å². The molecule has 0 bridgehead atoms. The molecule has 5 heteroatoms. The zero-order valence-electron chi connectivity index (χ0n) is 12.5. The fourth-order valence-corrected chi connectivity index (χ4v) is 2.85. The molecule has 0 amide bonds. The number of nitrogens with zero attached hydrogens (tertiary/aromatic N) is 1. The predicted molar refractivity (Wildman–Crippen MR) is 78.9 cm³/mol. The van der Waals surface area contributed by atoms with Crippen LogP contribution in [0.15, 0.2) is 18.2 Å². The van der Waals surface area contributed by atoms with E-state index in [0.717, 1.165) is 39.0 Å². The van der Waals surface area contributed by atoms with E-state index in [1.54, 1.807) is 6.92 Å². The van der Waals surface area contributed by atoms with E-state index in [0.29, 0.717) is 5.92 Å². The van der Waals surface area contributed by atoms with Crippen LogP contribution in [0.25, 0.3) is 0 Å². The number of β-amino-alcohol motifs (C(OH)–C–C–N with tert-alkyl or cyclic N) is 1. The number of benzene rings is 1. The zero-order chi connectivity index (χ0) is 15.2. The van der Waals surface area contributed by atoms with Crippen molar-refractivity contribution in [1.82, 2.24) is 10.2 Å². The van der Waals surface area contributed by atoms with Gasteiger partial charge < -0.3 is 15.3 Å². The van der Waals surface area contributed by atoms with E-state index in [1.807, 2.05) is 0 Å². The first-order chi connectivity index (χ1) is 10.1. The number of rotatable bonds is 6. The van der Waals surface area contributed by atoms with Gasteiger partial charge in [0.2, 0.25) is 0 Å². The monoisotopic (exact) mass is 298 g/mol. The summed E-state index contributed by atoms with van der Waals surface area (Å²) in [6.07, 6.45) is 1.82. The van der Waals surface area contributed by atoms with Crippen LogP contribution < -0.4 is 5.32 Å². The molecule has 0 radical (unpaired) electrons. The Morgan fingerprint density at radius 3 is 2.48 bits per heavy atom. The lowest BCUT2D eigenvalue weighted by molar-refractivity contribution is 0.0998. The lowest BCUT2D eigenvalue weighted by atomic mass is 9.96. The summed E-state index contributed by atoms with van der Waals surface area (Å²) in [5, 5.41) is 12.5. The molecule has 0 aliphatic carbocycles. The van der Waals surface area contributed by atoms with Gasteiger partial charge in [0.15, 0.2) is 0 Å². The zero-order valence-corrected chi connectivity index (χ0v) is 12.5. The average Bonchev–Trinajstić information content (AvgIpc) is 2.43. The maximum absolute atomic E-state index is 13.5. The minimum Gasteiger partial charge on any atom is -0.392 e. The van der Waals surface area contributed by atoms with E-state index in [4.69, 9.17) is 0 Å². The average molecular weight is 298 g/mol. The van der Waals surface area contributed by atoms with Crippen LogP contribution >= 0.6 is 0 Å². The molecule has 0 aromatic heterocycles. The van der Waals surface area contributed by atoms with Crippen molar-refractivity contribution in [2.45, 2.75) is 32.4 Å². The van der Waals surface area contributed by atoms with Crippen LogP contribution in [0.5, 0.6) is 0 Å². The third-order valence-electron chi connectivity index (χ3n) is 4.03. The Labute approximate surface area is 125 Å². The Morgan fingerprint density at radius 2 is 1.90 bits per heavy atom. The van der Waals surface area contributed by atoms with E-state index in [-0.39, 0.29) is 18.2 Å². The van der Waals surface area contributed by atoms with Gasteiger partial charge in [0.25, 0.3) is 0 Å². The maximum atomic E-state index is 13.5. The van der Waals surface area contributed by atoms with Gasteiger partial charge in [-0.05, 0) is 57.5 Å².